The second kappa shape index (κ2) is 12.0. The molecule has 0 unspecified atom stereocenters. The Labute approximate surface area is 194 Å². The molecule has 1 saturated carbocycles. The van der Waals surface area contributed by atoms with E-state index >= 15 is 0 Å². The van der Waals surface area contributed by atoms with Crippen molar-refractivity contribution < 1.29 is 26.3 Å². The second-order valence-corrected chi connectivity index (χ2v) is 9.75. The van der Waals surface area contributed by atoms with Crippen LogP contribution in [0.25, 0.3) is 0 Å². The number of nitrogens with one attached hydrogen (secondary N) is 2. The van der Waals surface area contributed by atoms with Gasteiger partial charge in [-0.05, 0) is 57.3 Å². The smallest absolute Gasteiger partial charge is 0.382 e. The summed E-state index contributed by atoms with van der Waals surface area (Å²) in [6.45, 7) is 7.18. The molecule has 1 aliphatic carbocycles. The molecule has 12 heteroatoms. The zero-order valence-electron chi connectivity index (χ0n) is 17.6. The molecule has 30 heavy (non-hydrogen) atoms. The van der Waals surface area contributed by atoms with Gasteiger partial charge in [-0.15, -0.1) is 24.0 Å². The summed E-state index contributed by atoms with van der Waals surface area (Å²) in [5, 5.41) is 6.45. The van der Waals surface area contributed by atoms with Crippen LogP contribution in [0.4, 0.5) is 13.2 Å². The molecule has 2 aliphatic rings. The highest BCUT2D eigenvalue weighted by molar-refractivity contribution is 14.0. The minimum atomic E-state index is -5.23. The third kappa shape index (κ3) is 7.97. The highest BCUT2D eigenvalue weighted by atomic mass is 127. The number of alkyl halides is 3. The van der Waals surface area contributed by atoms with E-state index in [2.05, 4.69) is 15.6 Å². The molecule has 1 aliphatic heterocycles. The van der Waals surface area contributed by atoms with Gasteiger partial charge in [0.05, 0.1) is 0 Å². The van der Waals surface area contributed by atoms with Gasteiger partial charge in [-0.3, -0.25) is 4.99 Å². The summed E-state index contributed by atoms with van der Waals surface area (Å²) in [6.07, 6.45) is 4.07. The number of guanidine groups is 1. The number of piperidine rings is 1. The van der Waals surface area contributed by atoms with Gasteiger partial charge < -0.3 is 15.4 Å². The number of ether oxygens (including phenoxy) is 1. The highest BCUT2D eigenvalue weighted by Gasteiger charge is 2.50. The maximum absolute atomic E-state index is 12.7. The molecule has 0 amide bonds. The van der Waals surface area contributed by atoms with E-state index in [1.807, 2.05) is 13.8 Å². The van der Waals surface area contributed by atoms with Crippen molar-refractivity contribution in [2.24, 2.45) is 16.3 Å². The van der Waals surface area contributed by atoms with Gasteiger partial charge >= 0.3 is 15.5 Å². The average Bonchev–Trinajstić information content (AvgIpc) is 3.44. The Morgan fingerprint density at radius 1 is 1.20 bits per heavy atom. The first kappa shape index (κ1) is 27.7. The lowest BCUT2D eigenvalue weighted by atomic mass is 9.98. The minimum absolute atomic E-state index is 0. The molecule has 0 radical (unpaired) electrons. The third-order valence-electron chi connectivity index (χ3n) is 5.62. The predicted octanol–water partition coefficient (Wildman–Crippen LogP) is 2.93. The van der Waals surface area contributed by atoms with E-state index in [1.54, 1.807) is 0 Å². The fourth-order valence-electron chi connectivity index (χ4n) is 3.43. The normalized spacial score (nSPS) is 20.5. The largest absolute Gasteiger partial charge is 0.511 e. The summed E-state index contributed by atoms with van der Waals surface area (Å²) in [5.41, 5.74) is -5.00. The number of halogens is 4. The Kier molecular flexibility index (Phi) is 11.1. The van der Waals surface area contributed by atoms with Gasteiger partial charge in [-0.2, -0.15) is 17.5 Å². The molecule has 0 spiro atoms. The van der Waals surface area contributed by atoms with Crippen molar-refractivity contribution in [3.05, 3.63) is 0 Å². The Bertz CT molecular complexity index is 650. The van der Waals surface area contributed by atoms with E-state index in [0.717, 1.165) is 32.4 Å². The van der Waals surface area contributed by atoms with Crippen molar-refractivity contribution in [3.8, 4) is 0 Å². The maximum Gasteiger partial charge on any atom is 0.511 e. The number of nitrogens with zero attached hydrogens (tertiary/aromatic N) is 2. The average molecular weight is 570 g/mol. The van der Waals surface area contributed by atoms with Gasteiger partial charge in [0.2, 0.25) is 0 Å². The molecule has 0 aromatic heterocycles. The molecule has 2 rings (SSSR count). The standard InChI is InChI=1S/C18H33F3N4O3S.HI/c1-3-22-16(24-14-17(7-8-17)9-12-28-4-2)23-13-15-5-10-25(11-6-15)29(26,27)18(19,20)21;/h15H,3-14H2,1-2H3,(H2,22,23,24);1H. The maximum atomic E-state index is 12.7. The zero-order valence-corrected chi connectivity index (χ0v) is 20.8. The quantitative estimate of drug-likeness (QED) is 0.183. The molecule has 1 heterocycles. The summed E-state index contributed by atoms with van der Waals surface area (Å²) in [7, 11) is -5.22. The number of rotatable bonds is 10. The van der Waals surface area contributed by atoms with Gasteiger partial charge in [-0.1, -0.05) is 0 Å². The molecule has 7 nitrogen and oxygen atoms in total. The van der Waals surface area contributed by atoms with Crippen molar-refractivity contribution in [1.29, 1.82) is 0 Å². The van der Waals surface area contributed by atoms with Gasteiger partial charge in [0.15, 0.2) is 5.96 Å². The SMILES string of the molecule is CCNC(=NCC1(CCOCC)CC1)NCC1CCN(S(=O)(=O)C(F)(F)F)CC1.I. The van der Waals surface area contributed by atoms with Crippen LogP contribution >= 0.6 is 24.0 Å². The molecule has 0 atom stereocenters. The molecule has 1 saturated heterocycles. The lowest BCUT2D eigenvalue weighted by Gasteiger charge is -2.31. The van der Waals surface area contributed by atoms with Gasteiger partial charge in [-0.25, -0.2) is 8.42 Å². The third-order valence-corrected chi connectivity index (χ3v) is 7.25. The van der Waals surface area contributed by atoms with Crippen LogP contribution in [0.3, 0.4) is 0 Å². The predicted molar refractivity (Wildman–Crippen MR) is 121 cm³/mol. The summed E-state index contributed by atoms with van der Waals surface area (Å²) < 4.78 is 67.0. The van der Waals surface area contributed by atoms with Crippen molar-refractivity contribution >= 4 is 40.0 Å². The highest BCUT2D eigenvalue weighted by Crippen LogP contribution is 2.49. The summed E-state index contributed by atoms with van der Waals surface area (Å²) in [4.78, 5) is 4.68. The first-order valence-electron chi connectivity index (χ1n) is 10.3. The first-order valence-corrected chi connectivity index (χ1v) is 11.7. The van der Waals surface area contributed by atoms with Crippen molar-refractivity contribution in [1.82, 2.24) is 14.9 Å². The topological polar surface area (TPSA) is 83.0 Å². The molecule has 0 aromatic rings. The van der Waals surface area contributed by atoms with E-state index in [-0.39, 0.29) is 48.4 Å². The van der Waals surface area contributed by atoms with Crippen LogP contribution in [-0.4, -0.2) is 70.1 Å². The van der Waals surface area contributed by atoms with Crippen LogP contribution in [0.1, 0.15) is 46.0 Å². The van der Waals surface area contributed by atoms with E-state index < -0.39 is 15.5 Å². The number of sulfonamides is 1. The molecule has 0 aromatic carbocycles. The fourth-order valence-corrected chi connectivity index (χ4v) is 4.41. The molecule has 0 bridgehead atoms. The van der Waals surface area contributed by atoms with Gasteiger partial charge in [0.25, 0.3) is 0 Å². The molecule has 2 fully saturated rings. The second-order valence-electron chi connectivity index (χ2n) is 7.82. The fraction of sp³-hybridized carbons (Fsp3) is 0.944. The minimum Gasteiger partial charge on any atom is -0.382 e. The molecular weight excluding hydrogens is 536 g/mol. The number of hydrogen-bond acceptors (Lipinski definition) is 4. The zero-order chi connectivity index (χ0) is 21.5. The Morgan fingerprint density at radius 3 is 2.33 bits per heavy atom. The van der Waals surface area contributed by atoms with Crippen LogP contribution in [0.15, 0.2) is 4.99 Å². The summed E-state index contributed by atoms with van der Waals surface area (Å²) in [5.74, 6) is 0.798. The molecule has 2 N–H and O–H groups in total. The monoisotopic (exact) mass is 570 g/mol. The van der Waals surface area contributed by atoms with Gasteiger partial charge in [0.1, 0.15) is 0 Å². The van der Waals surface area contributed by atoms with E-state index in [9.17, 15) is 21.6 Å². The summed E-state index contributed by atoms with van der Waals surface area (Å²) in [6, 6.07) is 0. The van der Waals surface area contributed by atoms with Crippen molar-refractivity contribution in [2.75, 3.05) is 45.9 Å². The Morgan fingerprint density at radius 2 is 1.83 bits per heavy atom. The first-order chi connectivity index (χ1) is 13.6. The lowest BCUT2D eigenvalue weighted by molar-refractivity contribution is -0.0496. The lowest BCUT2D eigenvalue weighted by Crippen LogP contribution is -2.47. The Balaban J connectivity index is 0.00000450. The molecule has 178 valence electrons. The van der Waals surface area contributed by atoms with Crippen LogP contribution in [0, 0.1) is 11.3 Å². The van der Waals surface area contributed by atoms with E-state index in [0.29, 0.717) is 42.8 Å². The van der Waals surface area contributed by atoms with Crippen LogP contribution in [-0.2, 0) is 14.8 Å². The van der Waals surface area contributed by atoms with Gasteiger partial charge in [0, 0.05) is 45.9 Å². The number of aliphatic imine (C=N–C) groups is 1. The van der Waals surface area contributed by atoms with Crippen molar-refractivity contribution in [3.63, 3.8) is 0 Å². The molecular formula is C18H34F3IN4O3S. The van der Waals surface area contributed by atoms with Crippen molar-refractivity contribution in [2.45, 2.75) is 51.5 Å². The van der Waals surface area contributed by atoms with E-state index in [4.69, 9.17) is 4.74 Å². The number of hydrogen-bond donors (Lipinski definition) is 2. The van der Waals surface area contributed by atoms with Crippen LogP contribution in [0.2, 0.25) is 0 Å². The van der Waals surface area contributed by atoms with E-state index in [1.165, 1.54) is 0 Å². The summed E-state index contributed by atoms with van der Waals surface area (Å²) >= 11 is 0. The van der Waals surface area contributed by atoms with Crippen LogP contribution < -0.4 is 10.6 Å². The van der Waals surface area contributed by atoms with Crippen LogP contribution in [0.5, 0.6) is 0 Å². The Hall–Kier alpha value is -0.340.